The summed E-state index contributed by atoms with van der Waals surface area (Å²) in [5.74, 6) is -0.503. The molecule has 0 spiro atoms. The first-order valence-electron chi connectivity index (χ1n) is 11.2. The molecule has 34 heavy (non-hydrogen) atoms. The number of carbonyl (C=O) groups excluding carboxylic acids is 2. The number of carbonyl (C=O) groups is 2. The molecule has 8 heteroatoms. The number of thioether (sulfide) groups is 1. The normalized spacial score (nSPS) is 17.2. The van der Waals surface area contributed by atoms with Crippen LogP contribution in [0.3, 0.4) is 0 Å². The number of aromatic nitrogens is 1. The number of nitrogens with one attached hydrogen (secondary N) is 1. The van der Waals surface area contributed by atoms with Crippen molar-refractivity contribution in [3.8, 4) is 0 Å². The van der Waals surface area contributed by atoms with Gasteiger partial charge in [-0.1, -0.05) is 42.4 Å². The topological polar surface area (TPSA) is 83.9 Å². The fraction of sp³-hybridized carbons (Fsp3) is 0.308. The van der Waals surface area contributed by atoms with Gasteiger partial charge < -0.3 is 15.0 Å². The van der Waals surface area contributed by atoms with Gasteiger partial charge in [0.15, 0.2) is 5.17 Å². The van der Waals surface area contributed by atoms with Crippen LogP contribution in [0.5, 0.6) is 0 Å². The monoisotopic (exact) mass is 476 g/mol. The Morgan fingerprint density at radius 3 is 2.62 bits per heavy atom. The molecule has 2 aromatic rings. The first-order chi connectivity index (χ1) is 16.4. The van der Waals surface area contributed by atoms with E-state index in [1.165, 1.54) is 18.9 Å². The largest absolute Gasteiger partial charge is 0.466 e. The van der Waals surface area contributed by atoms with Crippen LogP contribution in [0.2, 0.25) is 0 Å². The molecule has 1 aromatic carbocycles. The Bertz CT molecular complexity index is 1200. The van der Waals surface area contributed by atoms with Crippen molar-refractivity contribution >= 4 is 28.8 Å². The lowest BCUT2D eigenvalue weighted by atomic mass is 9.89. The van der Waals surface area contributed by atoms with Crippen LogP contribution in [0.4, 0.5) is 0 Å². The number of methoxy groups -OCH3 is 1. The van der Waals surface area contributed by atoms with Crippen molar-refractivity contribution in [1.82, 2.24) is 15.2 Å². The molecule has 0 saturated heterocycles. The summed E-state index contributed by atoms with van der Waals surface area (Å²) in [4.78, 5) is 36.6. The average molecular weight is 477 g/mol. The number of aryl methyl sites for hydroxylation is 2. The zero-order valence-corrected chi connectivity index (χ0v) is 20.6. The fourth-order valence-electron chi connectivity index (χ4n) is 4.27. The number of aliphatic imine (C=N–C) groups is 1. The van der Waals surface area contributed by atoms with Crippen molar-refractivity contribution in [1.29, 1.82) is 0 Å². The van der Waals surface area contributed by atoms with E-state index >= 15 is 0 Å². The molecule has 1 aromatic heterocycles. The SMILES string of the molecule is CCC1=C(C(=O)OC)C(c2ccc(C)cc2C)N2C(CC(=O)NCc3ccncc3)=CSC2=N1. The maximum Gasteiger partial charge on any atom is 0.338 e. The van der Waals surface area contributed by atoms with Gasteiger partial charge in [-0.05, 0) is 54.5 Å². The van der Waals surface area contributed by atoms with Crippen LogP contribution in [0.25, 0.3) is 0 Å². The third kappa shape index (κ3) is 4.77. The number of rotatable bonds is 7. The smallest absolute Gasteiger partial charge is 0.338 e. The molecule has 1 atom stereocenters. The first-order valence-corrected chi connectivity index (χ1v) is 12.1. The third-order valence-corrected chi connectivity index (χ3v) is 6.82. The van der Waals surface area contributed by atoms with Crippen molar-refractivity contribution in [2.24, 2.45) is 4.99 Å². The molecule has 3 heterocycles. The molecule has 4 rings (SSSR count). The van der Waals surface area contributed by atoms with Crippen LogP contribution in [-0.4, -0.2) is 34.0 Å². The fourth-order valence-corrected chi connectivity index (χ4v) is 5.20. The van der Waals surface area contributed by atoms with Gasteiger partial charge in [0.05, 0.1) is 30.8 Å². The first kappa shape index (κ1) is 23.8. The van der Waals surface area contributed by atoms with E-state index < -0.39 is 12.0 Å². The Balaban J connectivity index is 1.66. The van der Waals surface area contributed by atoms with E-state index in [1.54, 1.807) is 12.4 Å². The molecule has 1 amide bonds. The highest BCUT2D eigenvalue weighted by Crippen LogP contribution is 2.46. The summed E-state index contributed by atoms with van der Waals surface area (Å²) >= 11 is 1.48. The van der Waals surface area contributed by atoms with Gasteiger partial charge >= 0.3 is 5.97 Å². The Morgan fingerprint density at radius 2 is 1.94 bits per heavy atom. The highest BCUT2D eigenvalue weighted by Gasteiger charge is 2.41. The molecule has 2 aliphatic rings. The standard InChI is InChI=1S/C26H28N4O3S/c1-5-21-23(25(32)33-4)24(20-7-6-16(2)12-17(20)3)30-19(15-34-26(30)29-21)13-22(31)28-14-18-8-10-27-11-9-18/h6-12,15,24H,5,13-14H2,1-4H3,(H,28,31). The summed E-state index contributed by atoms with van der Waals surface area (Å²) in [7, 11) is 1.39. The molecule has 0 fully saturated rings. The summed E-state index contributed by atoms with van der Waals surface area (Å²) in [6.07, 6.45) is 4.18. The Morgan fingerprint density at radius 1 is 1.18 bits per heavy atom. The van der Waals surface area contributed by atoms with E-state index in [2.05, 4.69) is 22.4 Å². The second-order valence-corrected chi connectivity index (χ2v) is 9.11. The number of esters is 1. The Hall–Kier alpha value is -3.39. The molecule has 2 aliphatic heterocycles. The van der Waals surface area contributed by atoms with Crippen molar-refractivity contribution in [3.63, 3.8) is 0 Å². The highest BCUT2D eigenvalue weighted by molar-refractivity contribution is 8.16. The number of amides is 1. The van der Waals surface area contributed by atoms with E-state index in [1.807, 2.05) is 49.3 Å². The van der Waals surface area contributed by atoms with E-state index in [9.17, 15) is 9.59 Å². The third-order valence-electron chi connectivity index (χ3n) is 5.93. The van der Waals surface area contributed by atoms with Crippen LogP contribution in [0, 0.1) is 13.8 Å². The predicted octanol–water partition coefficient (Wildman–Crippen LogP) is 4.54. The number of hydrogen-bond donors (Lipinski definition) is 1. The number of pyridine rings is 1. The van der Waals surface area contributed by atoms with E-state index in [0.717, 1.165) is 33.1 Å². The minimum absolute atomic E-state index is 0.103. The predicted molar refractivity (Wildman–Crippen MR) is 134 cm³/mol. The van der Waals surface area contributed by atoms with Crippen LogP contribution < -0.4 is 5.32 Å². The van der Waals surface area contributed by atoms with E-state index in [4.69, 9.17) is 9.73 Å². The number of nitrogens with zero attached hydrogens (tertiary/aromatic N) is 3. The van der Waals surface area contributed by atoms with Crippen molar-refractivity contribution in [2.45, 2.75) is 46.2 Å². The van der Waals surface area contributed by atoms with Gasteiger partial charge in [-0.15, -0.1) is 0 Å². The van der Waals surface area contributed by atoms with Crippen LogP contribution in [0.1, 0.15) is 48.1 Å². The lowest BCUT2D eigenvalue weighted by Gasteiger charge is -2.37. The summed E-state index contributed by atoms with van der Waals surface area (Å²) in [6.45, 7) is 6.50. The number of amidine groups is 1. The van der Waals surface area contributed by atoms with Gasteiger partial charge in [-0.25, -0.2) is 9.79 Å². The van der Waals surface area contributed by atoms with E-state index in [0.29, 0.717) is 24.2 Å². The Kier molecular flexibility index (Phi) is 7.17. The summed E-state index contributed by atoms with van der Waals surface area (Å²) in [6, 6.07) is 9.53. The van der Waals surface area contributed by atoms with Gasteiger partial charge in [0, 0.05) is 24.6 Å². The molecule has 7 nitrogen and oxygen atoms in total. The summed E-state index contributed by atoms with van der Waals surface area (Å²) in [5, 5.41) is 5.70. The van der Waals surface area contributed by atoms with Crippen molar-refractivity contribution < 1.29 is 14.3 Å². The van der Waals surface area contributed by atoms with Gasteiger partial charge in [0.2, 0.25) is 5.91 Å². The summed E-state index contributed by atoms with van der Waals surface area (Å²) < 4.78 is 5.19. The molecule has 1 unspecified atom stereocenters. The molecule has 1 N–H and O–H groups in total. The molecule has 0 aliphatic carbocycles. The lowest BCUT2D eigenvalue weighted by molar-refractivity contribution is -0.136. The van der Waals surface area contributed by atoms with Gasteiger partial charge in [-0.2, -0.15) is 0 Å². The number of hydrogen-bond acceptors (Lipinski definition) is 7. The van der Waals surface area contributed by atoms with Gasteiger partial charge in [0.25, 0.3) is 0 Å². The molecule has 0 saturated carbocycles. The maximum absolute atomic E-state index is 13.0. The second kappa shape index (κ2) is 10.3. The zero-order chi connectivity index (χ0) is 24.2. The number of ether oxygens (including phenoxy) is 1. The molecule has 0 bridgehead atoms. The average Bonchev–Trinajstić information content (AvgIpc) is 3.24. The van der Waals surface area contributed by atoms with Crippen LogP contribution >= 0.6 is 11.8 Å². The van der Waals surface area contributed by atoms with Crippen molar-refractivity contribution in [2.75, 3.05) is 7.11 Å². The minimum Gasteiger partial charge on any atom is -0.466 e. The molecule has 0 radical (unpaired) electrons. The quantitative estimate of drug-likeness (QED) is 0.591. The van der Waals surface area contributed by atoms with Crippen molar-refractivity contribution in [3.05, 3.63) is 87.4 Å². The zero-order valence-electron chi connectivity index (χ0n) is 19.8. The lowest BCUT2D eigenvalue weighted by Crippen LogP contribution is -2.38. The van der Waals surface area contributed by atoms with Crippen LogP contribution in [0.15, 0.2) is 70.1 Å². The minimum atomic E-state index is -0.412. The number of benzene rings is 1. The Labute approximate surface area is 204 Å². The highest BCUT2D eigenvalue weighted by atomic mass is 32.2. The number of fused-ring (bicyclic) bond motifs is 1. The second-order valence-electron chi connectivity index (χ2n) is 8.27. The molecular formula is C26H28N4O3S. The maximum atomic E-state index is 13.0. The molecule has 176 valence electrons. The van der Waals surface area contributed by atoms with Crippen LogP contribution in [-0.2, 0) is 20.9 Å². The molecular weight excluding hydrogens is 448 g/mol. The van der Waals surface area contributed by atoms with Gasteiger partial charge in [-0.3, -0.25) is 9.78 Å². The van der Waals surface area contributed by atoms with Gasteiger partial charge in [0.1, 0.15) is 0 Å². The summed E-state index contributed by atoms with van der Waals surface area (Å²) in [5.41, 5.74) is 6.23. The number of allylic oxidation sites excluding steroid dienone is 1. The van der Waals surface area contributed by atoms with E-state index in [-0.39, 0.29) is 12.3 Å².